The molecule has 0 spiro atoms. The highest BCUT2D eigenvalue weighted by Gasteiger charge is 2.03. The van der Waals surface area contributed by atoms with Crippen molar-refractivity contribution in [1.82, 2.24) is 0 Å². The van der Waals surface area contributed by atoms with Crippen LogP contribution >= 0.6 is 11.8 Å². The molecule has 1 rings (SSSR count). The van der Waals surface area contributed by atoms with Crippen molar-refractivity contribution in [1.29, 1.82) is 0 Å². The summed E-state index contributed by atoms with van der Waals surface area (Å²) < 4.78 is 0. The first kappa shape index (κ1) is 9.46. The molecule has 66 valence electrons. The lowest BCUT2D eigenvalue weighted by Crippen LogP contribution is -1.86. The van der Waals surface area contributed by atoms with Crippen LogP contribution in [0.2, 0.25) is 0 Å². The SMILES string of the molecule is CSc1cc(C(C)C)ccc1O. The number of benzene rings is 1. The van der Waals surface area contributed by atoms with Crippen LogP contribution in [0.4, 0.5) is 0 Å². The van der Waals surface area contributed by atoms with Gasteiger partial charge in [-0.3, -0.25) is 0 Å². The van der Waals surface area contributed by atoms with E-state index in [1.54, 1.807) is 17.8 Å². The van der Waals surface area contributed by atoms with Crippen molar-refractivity contribution in [2.24, 2.45) is 0 Å². The average Bonchev–Trinajstić information content (AvgIpc) is 2.05. The highest BCUT2D eigenvalue weighted by molar-refractivity contribution is 7.98. The molecule has 1 N–H and O–H groups in total. The lowest BCUT2D eigenvalue weighted by Gasteiger charge is -2.07. The first-order chi connectivity index (χ1) is 5.65. The Labute approximate surface area is 77.8 Å². The number of phenols is 1. The van der Waals surface area contributed by atoms with Crippen LogP contribution < -0.4 is 0 Å². The predicted molar refractivity (Wildman–Crippen MR) is 54.0 cm³/mol. The van der Waals surface area contributed by atoms with E-state index in [4.69, 9.17) is 0 Å². The van der Waals surface area contributed by atoms with E-state index in [2.05, 4.69) is 13.8 Å². The molecule has 0 aliphatic carbocycles. The molecule has 2 heteroatoms. The van der Waals surface area contributed by atoms with Gasteiger partial charge in [0.15, 0.2) is 0 Å². The van der Waals surface area contributed by atoms with Gasteiger partial charge < -0.3 is 5.11 Å². The molecule has 0 unspecified atom stereocenters. The predicted octanol–water partition coefficient (Wildman–Crippen LogP) is 3.24. The molecule has 0 saturated carbocycles. The summed E-state index contributed by atoms with van der Waals surface area (Å²) in [5.74, 6) is 0.906. The second-order valence-electron chi connectivity index (χ2n) is 3.09. The summed E-state index contributed by atoms with van der Waals surface area (Å²) in [6.07, 6.45) is 1.97. The van der Waals surface area contributed by atoms with Crippen LogP contribution in [0.15, 0.2) is 23.1 Å². The van der Waals surface area contributed by atoms with E-state index in [1.165, 1.54) is 5.56 Å². The lowest BCUT2D eigenvalue weighted by atomic mass is 10.0. The molecule has 0 saturated heterocycles. The number of aromatic hydroxyl groups is 1. The van der Waals surface area contributed by atoms with Gasteiger partial charge in [-0.15, -0.1) is 11.8 Å². The van der Waals surface area contributed by atoms with Gasteiger partial charge in [-0.1, -0.05) is 19.9 Å². The van der Waals surface area contributed by atoms with Crippen LogP contribution in [0, 0.1) is 0 Å². The maximum Gasteiger partial charge on any atom is 0.129 e. The standard InChI is InChI=1S/C10H14OS/c1-7(2)8-4-5-9(11)10(6-8)12-3/h4-7,11H,1-3H3. The number of hydrogen-bond acceptors (Lipinski definition) is 2. The van der Waals surface area contributed by atoms with Gasteiger partial charge in [0.2, 0.25) is 0 Å². The fourth-order valence-electron chi connectivity index (χ4n) is 1.05. The van der Waals surface area contributed by atoms with Crippen molar-refractivity contribution in [3.8, 4) is 5.75 Å². The molecule has 0 heterocycles. The largest absolute Gasteiger partial charge is 0.507 e. The van der Waals surface area contributed by atoms with Crippen molar-refractivity contribution in [3.63, 3.8) is 0 Å². The highest BCUT2D eigenvalue weighted by atomic mass is 32.2. The maximum absolute atomic E-state index is 9.40. The first-order valence-electron chi connectivity index (χ1n) is 4.02. The van der Waals surface area contributed by atoms with Crippen LogP contribution in [-0.4, -0.2) is 11.4 Å². The van der Waals surface area contributed by atoms with Crippen molar-refractivity contribution in [3.05, 3.63) is 23.8 Å². The number of rotatable bonds is 2. The van der Waals surface area contributed by atoms with Crippen LogP contribution in [0.25, 0.3) is 0 Å². The van der Waals surface area contributed by atoms with Crippen LogP contribution in [0.3, 0.4) is 0 Å². The third-order valence-electron chi connectivity index (χ3n) is 1.87. The second-order valence-corrected chi connectivity index (χ2v) is 3.93. The fraction of sp³-hybridized carbons (Fsp3) is 0.400. The van der Waals surface area contributed by atoms with Crippen LogP contribution in [0.1, 0.15) is 25.3 Å². The number of phenolic OH excluding ortho intramolecular Hbond substituents is 1. The summed E-state index contributed by atoms with van der Waals surface area (Å²) in [5.41, 5.74) is 1.28. The molecule has 0 radical (unpaired) electrons. The third-order valence-corrected chi connectivity index (χ3v) is 2.64. The Balaban J connectivity index is 3.05. The molecule has 1 aromatic rings. The molecule has 1 nitrogen and oxygen atoms in total. The number of thioether (sulfide) groups is 1. The zero-order chi connectivity index (χ0) is 9.14. The van der Waals surface area contributed by atoms with E-state index >= 15 is 0 Å². The number of hydrogen-bond donors (Lipinski definition) is 1. The minimum Gasteiger partial charge on any atom is -0.507 e. The van der Waals surface area contributed by atoms with E-state index in [0.29, 0.717) is 11.7 Å². The van der Waals surface area contributed by atoms with Gasteiger partial charge in [-0.2, -0.15) is 0 Å². The van der Waals surface area contributed by atoms with Gasteiger partial charge in [0.05, 0.1) is 0 Å². The minimum atomic E-state index is 0.381. The van der Waals surface area contributed by atoms with Gasteiger partial charge in [0.25, 0.3) is 0 Å². The molecule has 0 atom stereocenters. The van der Waals surface area contributed by atoms with Crippen molar-refractivity contribution in [2.45, 2.75) is 24.7 Å². The van der Waals surface area contributed by atoms with E-state index in [0.717, 1.165) is 4.90 Å². The fourth-order valence-corrected chi connectivity index (χ4v) is 1.58. The highest BCUT2D eigenvalue weighted by Crippen LogP contribution is 2.29. The Kier molecular flexibility index (Phi) is 3.04. The summed E-state index contributed by atoms with van der Waals surface area (Å²) in [6, 6.07) is 5.78. The molecule has 1 aromatic carbocycles. The summed E-state index contributed by atoms with van der Waals surface area (Å²) in [6.45, 7) is 4.30. The topological polar surface area (TPSA) is 20.2 Å². The molecule has 0 bridgehead atoms. The Morgan fingerprint density at radius 3 is 2.50 bits per heavy atom. The zero-order valence-electron chi connectivity index (χ0n) is 7.66. The van der Waals surface area contributed by atoms with Crippen LogP contribution in [0.5, 0.6) is 5.75 Å². The van der Waals surface area contributed by atoms with Gasteiger partial charge in [-0.25, -0.2) is 0 Å². The van der Waals surface area contributed by atoms with Crippen LogP contribution in [-0.2, 0) is 0 Å². The minimum absolute atomic E-state index is 0.381. The van der Waals surface area contributed by atoms with E-state index in [1.807, 2.05) is 18.4 Å². The van der Waals surface area contributed by atoms with Crippen molar-refractivity contribution in [2.75, 3.05) is 6.26 Å². The zero-order valence-corrected chi connectivity index (χ0v) is 8.48. The van der Waals surface area contributed by atoms with Gasteiger partial charge >= 0.3 is 0 Å². The van der Waals surface area contributed by atoms with Gasteiger partial charge in [0, 0.05) is 4.90 Å². The Morgan fingerprint density at radius 2 is 2.00 bits per heavy atom. The Morgan fingerprint density at radius 1 is 1.33 bits per heavy atom. The lowest BCUT2D eigenvalue weighted by molar-refractivity contribution is 0.462. The molecule has 12 heavy (non-hydrogen) atoms. The normalized spacial score (nSPS) is 10.7. The molecule has 0 aliphatic heterocycles. The summed E-state index contributed by atoms with van der Waals surface area (Å²) in [5, 5.41) is 9.40. The molecular formula is C10H14OS. The van der Waals surface area contributed by atoms with E-state index in [-0.39, 0.29) is 0 Å². The van der Waals surface area contributed by atoms with Gasteiger partial charge in [-0.05, 0) is 29.9 Å². The van der Waals surface area contributed by atoms with Gasteiger partial charge in [0.1, 0.15) is 5.75 Å². The van der Waals surface area contributed by atoms with E-state index < -0.39 is 0 Å². The molecule has 0 amide bonds. The van der Waals surface area contributed by atoms with E-state index in [9.17, 15) is 5.11 Å². The molecular weight excluding hydrogens is 168 g/mol. The monoisotopic (exact) mass is 182 g/mol. The Bertz CT molecular complexity index is 269. The summed E-state index contributed by atoms with van der Waals surface area (Å²) in [4.78, 5) is 0.959. The molecule has 0 aliphatic rings. The molecule has 0 fully saturated rings. The first-order valence-corrected chi connectivity index (χ1v) is 5.24. The molecule has 0 aromatic heterocycles. The quantitative estimate of drug-likeness (QED) is 0.708. The van der Waals surface area contributed by atoms with Crippen molar-refractivity contribution < 1.29 is 5.11 Å². The summed E-state index contributed by atoms with van der Waals surface area (Å²) in [7, 11) is 0. The smallest absolute Gasteiger partial charge is 0.129 e. The second kappa shape index (κ2) is 3.85. The average molecular weight is 182 g/mol. The summed E-state index contributed by atoms with van der Waals surface area (Å²) >= 11 is 1.58. The maximum atomic E-state index is 9.40. The Hall–Kier alpha value is -0.630. The van der Waals surface area contributed by atoms with Crippen molar-refractivity contribution >= 4 is 11.8 Å². The third kappa shape index (κ3) is 1.95.